The maximum Gasteiger partial charge on any atom is 0.280 e. The molecule has 10 heteroatoms. The van der Waals surface area contributed by atoms with Crippen LogP contribution in [0.25, 0.3) is 11.3 Å². The summed E-state index contributed by atoms with van der Waals surface area (Å²) in [6, 6.07) is 17.1. The second kappa shape index (κ2) is 8.11. The molecule has 5 rings (SSSR count). The van der Waals surface area contributed by atoms with Gasteiger partial charge in [-0.25, -0.2) is 9.67 Å². The van der Waals surface area contributed by atoms with Gasteiger partial charge in [-0.3, -0.25) is 14.0 Å². The number of anilines is 1. The van der Waals surface area contributed by atoms with E-state index < -0.39 is 11.3 Å². The van der Waals surface area contributed by atoms with Gasteiger partial charge in [0.25, 0.3) is 11.8 Å². The van der Waals surface area contributed by atoms with Gasteiger partial charge in [-0.05, 0) is 36.4 Å². The fraction of sp³-hybridized carbons (Fsp3) is 0. The molecule has 0 spiro atoms. The Balaban J connectivity index is 1.33. The van der Waals surface area contributed by atoms with Crippen molar-refractivity contribution in [1.82, 2.24) is 29.4 Å². The zero-order valence-corrected chi connectivity index (χ0v) is 16.5. The lowest BCUT2D eigenvalue weighted by atomic mass is 10.2. The molecule has 3 aromatic heterocycles. The Morgan fingerprint density at radius 1 is 0.969 bits per heavy atom. The Bertz CT molecular complexity index is 1460. The van der Waals surface area contributed by atoms with E-state index in [1.165, 1.54) is 16.9 Å². The fourth-order valence-electron chi connectivity index (χ4n) is 3.01. The first-order valence-electron chi connectivity index (χ1n) is 9.56. The lowest BCUT2D eigenvalue weighted by molar-refractivity contribution is 0.101. The average Bonchev–Trinajstić information content (AvgIpc) is 3.31. The largest absolute Gasteiger partial charge is 0.436 e. The van der Waals surface area contributed by atoms with Crippen LogP contribution in [0.15, 0.2) is 90.4 Å². The number of carbonyl (C=O) groups excluding carboxylic acids is 1. The number of fused-ring (bicyclic) bond motifs is 1. The van der Waals surface area contributed by atoms with Crippen LogP contribution in [0.2, 0.25) is 0 Å². The summed E-state index contributed by atoms with van der Waals surface area (Å²) in [5, 5.41) is 14.7. The Morgan fingerprint density at radius 2 is 1.78 bits per heavy atom. The third kappa shape index (κ3) is 3.79. The highest BCUT2D eigenvalue weighted by Gasteiger charge is 2.14. The third-order valence-corrected chi connectivity index (χ3v) is 4.55. The van der Waals surface area contributed by atoms with E-state index in [0.29, 0.717) is 23.0 Å². The Labute approximate surface area is 180 Å². The highest BCUT2D eigenvalue weighted by atomic mass is 16.5. The first-order chi connectivity index (χ1) is 15.7. The van der Waals surface area contributed by atoms with Crippen LogP contribution in [0.1, 0.15) is 10.5 Å². The van der Waals surface area contributed by atoms with E-state index in [1.54, 1.807) is 47.4 Å². The van der Waals surface area contributed by atoms with E-state index in [-0.39, 0.29) is 5.69 Å². The number of hydrogen-bond acceptors (Lipinski definition) is 7. The van der Waals surface area contributed by atoms with Gasteiger partial charge in [-0.15, -0.1) is 10.2 Å². The number of ether oxygens (including phenoxy) is 1. The highest BCUT2D eigenvalue weighted by Crippen LogP contribution is 2.23. The van der Waals surface area contributed by atoms with Crippen LogP contribution in [-0.4, -0.2) is 35.3 Å². The molecule has 32 heavy (non-hydrogen) atoms. The van der Waals surface area contributed by atoms with Crippen LogP contribution in [0.4, 0.5) is 5.69 Å². The summed E-state index contributed by atoms with van der Waals surface area (Å²) < 4.78 is 8.93. The van der Waals surface area contributed by atoms with E-state index in [0.717, 1.165) is 5.69 Å². The molecular formula is C22H15N7O3. The number of nitrogens with one attached hydrogen (secondary N) is 1. The molecule has 1 N–H and O–H groups in total. The molecule has 5 aromatic rings. The summed E-state index contributed by atoms with van der Waals surface area (Å²) in [5.74, 6) is 0.191. The van der Waals surface area contributed by atoms with Gasteiger partial charge in [-0.2, -0.15) is 5.10 Å². The molecule has 0 fully saturated rings. The predicted octanol–water partition coefficient (Wildman–Crippen LogP) is 2.71. The zero-order chi connectivity index (χ0) is 21.9. The second-order valence-electron chi connectivity index (χ2n) is 6.68. The minimum atomic E-state index is -0.608. The van der Waals surface area contributed by atoms with Gasteiger partial charge in [-0.1, -0.05) is 18.2 Å². The van der Waals surface area contributed by atoms with Gasteiger partial charge in [0.1, 0.15) is 12.1 Å². The first-order valence-corrected chi connectivity index (χ1v) is 9.56. The van der Waals surface area contributed by atoms with E-state index >= 15 is 0 Å². The molecule has 156 valence electrons. The summed E-state index contributed by atoms with van der Waals surface area (Å²) in [7, 11) is 0. The van der Waals surface area contributed by atoms with Crippen LogP contribution >= 0.6 is 0 Å². The van der Waals surface area contributed by atoms with Crippen LogP contribution in [0, 0.1) is 0 Å². The van der Waals surface area contributed by atoms with Crippen molar-refractivity contribution in [2.75, 3.05) is 5.32 Å². The molecule has 2 aromatic carbocycles. The molecule has 0 aliphatic carbocycles. The second-order valence-corrected chi connectivity index (χ2v) is 6.68. The fourth-order valence-corrected chi connectivity index (χ4v) is 3.01. The number of amides is 1. The van der Waals surface area contributed by atoms with Crippen molar-refractivity contribution in [2.24, 2.45) is 0 Å². The minimum Gasteiger partial charge on any atom is -0.436 e. The molecule has 0 unspecified atom stereocenters. The van der Waals surface area contributed by atoms with Gasteiger partial charge in [0.05, 0.1) is 5.69 Å². The Kier molecular flexibility index (Phi) is 4.85. The monoisotopic (exact) mass is 425 g/mol. The summed E-state index contributed by atoms with van der Waals surface area (Å²) in [6.07, 6.45) is 6.36. The summed E-state index contributed by atoms with van der Waals surface area (Å²) >= 11 is 0. The van der Waals surface area contributed by atoms with Crippen molar-refractivity contribution >= 4 is 17.2 Å². The van der Waals surface area contributed by atoms with Crippen molar-refractivity contribution in [3.05, 3.63) is 101 Å². The summed E-state index contributed by atoms with van der Waals surface area (Å²) in [4.78, 5) is 29.0. The van der Waals surface area contributed by atoms with Crippen molar-refractivity contribution in [1.29, 1.82) is 0 Å². The van der Waals surface area contributed by atoms with Gasteiger partial charge in [0, 0.05) is 30.3 Å². The molecule has 0 atom stereocenters. The SMILES string of the molecule is O=C(Nc1ccc(Oc2nccn3cnnc23)cc1)c1nn(-c2ccccc2)ccc1=O. The van der Waals surface area contributed by atoms with Crippen molar-refractivity contribution in [3.8, 4) is 17.3 Å². The molecule has 1 amide bonds. The maximum atomic E-state index is 12.7. The molecule has 0 aliphatic rings. The van der Waals surface area contributed by atoms with Crippen molar-refractivity contribution in [2.45, 2.75) is 0 Å². The van der Waals surface area contributed by atoms with Gasteiger partial charge >= 0.3 is 0 Å². The van der Waals surface area contributed by atoms with E-state index in [1.807, 2.05) is 30.3 Å². The summed E-state index contributed by atoms with van der Waals surface area (Å²) in [6.45, 7) is 0. The smallest absolute Gasteiger partial charge is 0.280 e. The van der Waals surface area contributed by atoms with Gasteiger partial charge < -0.3 is 10.1 Å². The molecule has 0 aliphatic heterocycles. The number of rotatable bonds is 5. The van der Waals surface area contributed by atoms with Crippen molar-refractivity contribution in [3.63, 3.8) is 0 Å². The number of para-hydroxylation sites is 1. The number of hydrogen-bond donors (Lipinski definition) is 1. The van der Waals surface area contributed by atoms with Gasteiger partial charge in [0.2, 0.25) is 11.1 Å². The Morgan fingerprint density at radius 3 is 2.59 bits per heavy atom. The number of aromatic nitrogens is 6. The average molecular weight is 425 g/mol. The lowest BCUT2D eigenvalue weighted by Crippen LogP contribution is -2.25. The topological polar surface area (TPSA) is 116 Å². The van der Waals surface area contributed by atoms with Crippen LogP contribution < -0.4 is 15.5 Å². The molecule has 10 nitrogen and oxygen atoms in total. The number of nitrogens with zero attached hydrogens (tertiary/aromatic N) is 6. The lowest BCUT2D eigenvalue weighted by Gasteiger charge is -2.09. The molecule has 0 bridgehead atoms. The normalized spacial score (nSPS) is 10.8. The molecular weight excluding hydrogens is 410 g/mol. The van der Waals surface area contributed by atoms with E-state index in [4.69, 9.17) is 4.74 Å². The number of benzene rings is 2. The van der Waals surface area contributed by atoms with Crippen LogP contribution in [0.5, 0.6) is 11.6 Å². The standard InChI is InChI=1S/C22H15N7O3/c30-18-10-12-29(16-4-2-1-3-5-16)27-19(18)21(31)25-15-6-8-17(9-7-15)32-22-20-26-24-14-28(20)13-11-23-22/h1-14H,(H,25,31). The predicted molar refractivity (Wildman–Crippen MR) is 115 cm³/mol. The molecule has 0 saturated heterocycles. The highest BCUT2D eigenvalue weighted by molar-refractivity contribution is 6.02. The van der Waals surface area contributed by atoms with Crippen molar-refractivity contribution < 1.29 is 9.53 Å². The van der Waals surface area contributed by atoms with Crippen LogP contribution in [-0.2, 0) is 0 Å². The Hall–Kier alpha value is -4.86. The summed E-state index contributed by atoms with van der Waals surface area (Å²) in [5.41, 5.74) is 1.02. The molecule has 0 saturated carbocycles. The quantitative estimate of drug-likeness (QED) is 0.460. The third-order valence-electron chi connectivity index (χ3n) is 4.55. The zero-order valence-electron chi connectivity index (χ0n) is 16.5. The van der Waals surface area contributed by atoms with E-state index in [2.05, 4.69) is 25.6 Å². The molecule has 3 heterocycles. The maximum absolute atomic E-state index is 12.7. The van der Waals surface area contributed by atoms with Crippen LogP contribution in [0.3, 0.4) is 0 Å². The number of carbonyl (C=O) groups is 1. The first kappa shape index (κ1) is 19.1. The minimum absolute atomic E-state index is 0.209. The van der Waals surface area contributed by atoms with E-state index in [9.17, 15) is 9.59 Å². The molecule has 0 radical (unpaired) electrons. The van der Waals surface area contributed by atoms with Gasteiger partial charge in [0.15, 0.2) is 5.69 Å².